The number of hydrogen-bond donors (Lipinski definition) is 2. The molecule has 0 aliphatic heterocycles. The van der Waals surface area contributed by atoms with Gasteiger partial charge in [0, 0.05) is 17.0 Å². The smallest absolute Gasteiger partial charge is 0.337 e. The molecule has 0 saturated heterocycles. The summed E-state index contributed by atoms with van der Waals surface area (Å²) in [6.45, 7) is 3.86. The molecule has 36 heavy (non-hydrogen) atoms. The number of benzene rings is 3. The summed E-state index contributed by atoms with van der Waals surface area (Å²) in [6, 6.07) is 17.7. The van der Waals surface area contributed by atoms with Gasteiger partial charge < -0.3 is 10.1 Å². The van der Waals surface area contributed by atoms with E-state index in [0.717, 1.165) is 16.7 Å². The molecular formula is C28H28N2O6. The van der Waals surface area contributed by atoms with Gasteiger partial charge in [-0.05, 0) is 43.2 Å². The van der Waals surface area contributed by atoms with Crippen LogP contribution in [-0.4, -0.2) is 44.3 Å². The molecule has 3 aromatic rings. The molecular weight excluding hydrogens is 460 g/mol. The molecule has 2 atom stereocenters. The Balaban J connectivity index is 2.19. The second-order valence-electron chi connectivity index (χ2n) is 8.34. The van der Waals surface area contributed by atoms with Gasteiger partial charge in [0.15, 0.2) is 6.29 Å². The number of ether oxygens (including phenoxy) is 1. The zero-order valence-electron chi connectivity index (χ0n) is 20.5. The van der Waals surface area contributed by atoms with Crippen molar-refractivity contribution >= 4 is 24.1 Å². The highest BCUT2D eigenvalue weighted by molar-refractivity contribution is 6.03. The van der Waals surface area contributed by atoms with Crippen molar-refractivity contribution in [3.8, 4) is 0 Å². The quantitative estimate of drug-likeness (QED) is 0.271. The maximum atomic E-state index is 13.3. The van der Waals surface area contributed by atoms with Crippen LogP contribution in [-0.2, 0) is 14.4 Å². The van der Waals surface area contributed by atoms with Gasteiger partial charge in [0.25, 0.3) is 11.8 Å². The van der Waals surface area contributed by atoms with Gasteiger partial charge in [0.1, 0.15) is 6.04 Å². The lowest BCUT2D eigenvalue weighted by Gasteiger charge is -2.29. The minimum Gasteiger partial charge on any atom is -0.465 e. The summed E-state index contributed by atoms with van der Waals surface area (Å²) in [5.41, 5.74) is 6.20. The van der Waals surface area contributed by atoms with Crippen molar-refractivity contribution in [1.29, 1.82) is 0 Å². The molecule has 2 N–H and O–H groups in total. The van der Waals surface area contributed by atoms with Crippen LogP contribution in [0.3, 0.4) is 0 Å². The van der Waals surface area contributed by atoms with Crippen LogP contribution < -0.4 is 10.8 Å². The van der Waals surface area contributed by atoms with E-state index in [2.05, 4.69) is 10.8 Å². The Bertz CT molecular complexity index is 1270. The standard InChI is InChI=1S/C28H28N2O6/c1-17-12-18(2)14-22(13-17)24(19-9-7-10-20(15-19)28(34)35-3)25(27(33)30-36-4)29-26(32)23-11-6-5-8-21(23)16-31/h5-16,24-25H,1-4H3,(H,29,32)(H,30,33)/t24?,25-/m0/s1. The third-order valence-corrected chi connectivity index (χ3v) is 5.71. The van der Waals surface area contributed by atoms with Gasteiger partial charge in [-0.2, -0.15) is 0 Å². The highest BCUT2D eigenvalue weighted by atomic mass is 16.6. The second-order valence-corrected chi connectivity index (χ2v) is 8.34. The van der Waals surface area contributed by atoms with E-state index in [1.165, 1.54) is 26.4 Å². The summed E-state index contributed by atoms with van der Waals surface area (Å²) in [4.78, 5) is 55.2. The van der Waals surface area contributed by atoms with Gasteiger partial charge in [-0.3, -0.25) is 19.2 Å². The van der Waals surface area contributed by atoms with E-state index in [-0.39, 0.29) is 11.1 Å². The third kappa shape index (κ3) is 6.03. The molecule has 8 heteroatoms. The maximum Gasteiger partial charge on any atom is 0.337 e. The van der Waals surface area contributed by atoms with Crippen molar-refractivity contribution in [2.24, 2.45) is 0 Å². The Hall–Kier alpha value is -4.30. The molecule has 3 aromatic carbocycles. The average molecular weight is 489 g/mol. The zero-order chi connectivity index (χ0) is 26.2. The van der Waals surface area contributed by atoms with Gasteiger partial charge in [0.05, 0.1) is 19.8 Å². The lowest BCUT2D eigenvalue weighted by molar-refractivity contribution is -0.133. The Kier molecular flexibility index (Phi) is 8.70. The van der Waals surface area contributed by atoms with E-state index in [0.29, 0.717) is 17.4 Å². The highest BCUT2D eigenvalue weighted by Crippen LogP contribution is 2.31. The van der Waals surface area contributed by atoms with Crippen LogP contribution >= 0.6 is 0 Å². The van der Waals surface area contributed by atoms with Crippen molar-refractivity contribution in [1.82, 2.24) is 10.8 Å². The first-order valence-electron chi connectivity index (χ1n) is 11.2. The topological polar surface area (TPSA) is 111 Å². The average Bonchev–Trinajstić information content (AvgIpc) is 2.87. The van der Waals surface area contributed by atoms with E-state index in [1.54, 1.807) is 36.4 Å². The van der Waals surface area contributed by atoms with Crippen molar-refractivity contribution in [3.63, 3.8) is 0 Å². The number of aryl methyl sites for hydroxylation is 2. The molecule has 0 aliphatic carbocycles. The molecule has 0 aliphatic rings. The summed E-state index contributed by atoms with van der Waals surface area (Å²) in [5.74, 6) is -2.46. The molecule has 0 radical (unpaired) electrons. The Morgan fingerprint density at radius 1 is 0.861 bits per heavy atom. The Labute approximate surface area is 209 Å². The number of methoxy groups -OCH3 is 1. The summed E-state index contributed by atoms with van der Waals surface area (Å²) in [5, 5.41) is 2.79. The summed E-state index contributed by atoms with van der Waals surface area (Å²) in [6.07, 6.45) is 0.584. The molecule has 8 nitrogen and oxygen atoms in total. The minimum absolute atomic E-state index is 0.130. The number of nitrogens with one attached hydrogen (secondary N) is 2. The van der Waals surface area contributed by atoms with E-state index in [1.807, 2.05) is 32.0 Å². The largest absolute Gasteiger partial charge is 0.465 e. The fourth-order valence-electron chi connectivity index (χ4n) is 4.23. The monoisotopic (exact) mass is 488 g/mol. The number of hydrogen-bond acceptors (Lipinski definition) is 6. The molecule has 0 heterocycles. The number of amides is 2. The van der Waals surface area contributed by atoms with Crippen LogP contribution in [0.4, 0.5) is 0 Å². The van der Waals surface area contributed by atoms with Gasteiger partial charge >= 0.3 is 5.97 Å². The van der Waals surface area contributed by atoms with E-state index in [4.69, 9.17) is 9.57 Å². The molecule has 0 aromatic heterocycles. The number of hydroxylamine groups is 1. The van der Waals surface area contributed by atoms with Crippen molar-refractivity contribution in [2.75, 3.05) is 14.2 Å². The van der Waals surface area contributed by atoms with E-state index < -0.39 is 29.7 Å². The van der Waals surface area contributed by atoms with Gasteiger partial charge in [-0.25, -0.2) is 10.3 Å². The number of esters is 1. The molecule has 0 fully saturated rings. The van der Waals surface area contributed by atoms with Crippen molar-refractivity contribution in [2.45, 2.75) is 25.8 Å². The first kappa shape index (κ1) is 26.3. The second kappa shape index (κ2) is 11.9. The summed E-state index contributed by atoms with van der Waals surface area (Å²) in [7, 11) is 2.58. The van der Waals surface area contributed by atoms with Crippen molar-refractivity contribution < 1.29 is 28.8 Å². The zero-order valence-corrected chi connectivity index (χ0v) is 20.5. The molecule has 0 bridgehead atoms. The van der Waals surface area contributed by atoms with Gasteiger partial charge in [0.2, 0.25) is 0 Å². The first-order chi connectivity index (χ1) is 17.3. The predicted octanol–water partition coefficient (Wildman–Crippen LogP) is 3.51. The van der Waals surface area contributed by atoms with Crippen LogP contribution in [0.2, 0.25) is 0 Å². The molecule has 1 unspecified atom stereocenters. The first-order valence-corrected chi connectivity index (χ1v) is 11.2. The Morgan fingerprint density at radius 3 is 2.19 bits per heavy atom. The van der Waals surface area contributed by atoms with Crippen LogP contribution in [0.15, 0.2) is 66.7 Å². The van der Waals surface area contributed by atoms with E-state index >= 15 is 0 Å². The SMILES string of the molecule is CONC(=O)[C@@H](NC(=O)c1ccccc1C=O)C(c1cc(C)cc(C)c1)c1cccc(C(=O)OC)c1. The highest BCUT2D eigenvalue weighted by Gasteiger charge is 2.34. The van der Waals surface area contributed by atoms with Gasteiger partial charge in [-0.15, -0.1) is 0 Å². The number of carbonyl (C=O) groups is 4. The number of carbonyl (C=O) groups excluding carboxylic acids is 4. The lowest BCUT2D eigenvalue weighted by atomic mass is 9.82. The lowest BCUT2D eigenvalue weighted by Crippen LogP contribution is -2.50. The predicted molar refractivity (Wildman–Crippen MR) is 134 cm³/mol. The third-order valence-electron chi connectivity index (χ3n) is 5.71. The molecule has 3 rings (SSSR count). The maximum absolute atomic E-state index is 13.3. The molecule has 2 amide bonds. The van der Waals surface area contributed by atoms with Crippen LogP contribution in [0.5, 0.6) is 0 Å². The number of aldehydes is 1. The molecule has 0 spiro atoms. The van der Waals surface area contributed by atoms with Crippen LogP contribution in [0.25, 0.3) is 0 Å². The Morgan fingerprint density at radius 2 is 1.56 bits per heavy atom. The fraction of sp³-hybridized carbons (Fsp3) is 0.214. The summed E-state index contributed by atoms with van der Waals surface area (Å²) < 4.78 is 4.87. The van der Waals surface area contributed by atoms with Gasteiger partial charge in [-0.1, -0.05) is 59.7 Å². The normalized spacial score (nSPS) is 12.2. The molecule has 186 valence electrons. The van der Waals surface area contributed by atoms with Crippen LogP contribution in [0, 0.1) is 13.8 Å². The molecule has 0 saturated carbocycles. The van der Waals surface area contributed by atoms with E-state index in [9.17, 15) is 19.2 Å². The van der Waals surface area contributed by atoms with Crippen molar-refractivity contribution in [3.05, 3.63) is 106 Å². The summed E-state index contributed by atoms with van der Waals surface area (Å²) >= 11 is 0. The van der Waals surface area contributed by atoms with Crippen LogP contribution in [0.1, 0.15) is 59.2 Å². The number of rotatable bonds is 9. The minimum atomic E-state index is -1.16. The fourth-order valence-corrected chi connectivity index (χ4v) is 4.23.